The van der Waals surface area contributed by atoms with Gasteiger partial charge in [-0.1, -0.05) is 38.1 Å². The lowest BCUT2D eigenvalue weighted by molar-refractivity contribution is 0.297. The molecule has 0 atom stereocenters. The third-order valence-corrected chi connectivity index (χ3v) is 2.86. The summed E-state index contributed by atoms with van der Waals surface area (Å²) in [4.78, 5) is 4.44. The Labute approximate surface area is 109 Å². The van der Waals surface area contributed by atoms with Gasteiger partial charge in [0.25, 0.3) is 0 Å². The van der Waals surface area contributed by atoms with Crippen LogP contribution in [-0.2, 0) is 6.61 Å². The maximum Gasteiger partial charge on any atom is 0.130 e. The summed E-state index contributed by atoms with van der Waals surface area (Å²) in [6.07, 6.45) is 0. The molecule has 2 rings (SSSR count). The summed E-state index contributed by atoms with van der Waals surface area (Å²) in [5, 5.41) is 0. The summed E-state index contributed by atoms with van der Waals surface area (Å²) >= 11 is 0. The number of pyridine rings is 1. The van der Waals surface area contributed by atoms with Crippen molar-refractivity contribution in [3.05, 3.63) is 59.4 Å². The van der Waals surface area contributed by atoms with Crippen molar-refractivity contribution in [2.75, 3.05) is 0 Å². The third-order valence-electron chi connectivity index (χ3n) is 2.86. The predicted molar refractivity (Wildman–Crippen MR) is 73.8 cm³/mol. The van der Waals surface area contributed by atoms with Gasteiger partial charge in [-0.15, -0.1) is 0 Å². The first kappa shape index (κ1) is 12.6. The first-order valence-electron chi connectivity index (χ1n) is 6.31. The van der Waals surface area contributed by atoms with E-state index in [4.69, 9.17) is 4.74 Å². The van der Waals surface area contributed by atoms with Gasteiger partial charge in [0.05, 0.1) is 5.69 Å². The van der Waals surface area contributed by atoms with Crippen molar-refractivity contribution in [1.29, 1.82) is 0 Å². The first-order valence-corrected chi connectivity index (χ1v) is 6.31. The molecule has 2 aromatic rings. The largest absolute Gasteiger partial charge is 0.487 e. The van der Waals surface area contributed by atoms with E-state index >= 15 is 0 Å². The highest BCUT2D eigenvalue weighted by Gasteiger charge is 2.07. The first-order chi connectivity index (χ1) is 8.66. The minimum Gasteiger partial charge on any atom is -0.487 e. The Kier molecular flexibility index (Phi) is 3.98. The van der Waals surface area contributed by atoms with Gasteiger partial charge in [-0.05, 0) is 36.6 Å². The quantitative estimate of drug-likeness (QED) is 0.804. The lowest BCUT2D eigenvalue weighted by Crippen LogP contribution is -2.01. The molecule has 1 aromatic carbocycles. The van der Waals surface area contributed by atoms with Crippen molar-refractivity contribution in [2.24, 2.45) is 0 Å². The number of rotatable bonds is 4. The van der Waals surface area contributed by atoms with Crippen LogP contribution in [0.3, 0.4) is 0 Å². The van der Waals surface area contributed by atoms with E-state index in [-0.39, 0.29) is 0 Å². The van der Waals surface area contributed by atoms with Gasteiger partial charge in [-0.3, -0.25) is 4.98 Å². The van der Waals surface area contributed by atoms with Gasteiger partial charge < -0.3 is 4.74 Å². The lowest BCUT2D eigenvalue weighted by atomic mass is 10.0. The van der Waals surface area contributed by atoms with Crippen LogP contribution in [0.4, 0.5) is 0 Å². The number of aryl methyl sites for hydroxylation is 1. The molecule has 0 unspecified atom stereocenters. The maximum absolute atomic E-state index is 5.88. The molecule has 0 aliphatic carbocycles. The molecule has 0 N–H and O–H groups in total. The number of ether oxygens (including phenoxy) is 1. The molecule has 0 saturated heterocycles. The molecule has 0 amide bonds. The molecule has 0 bridgehead atoms. The molecule has 1 heterocycles. The predicted octanol–water partition coefficient (Wildman–Crippen LogP) is 4.09. The van der Waals surface area contributed by atoms with Gasteiger partial charge in [0.1, 0.15) is 12.4 Å². The number of para-hydroxylation sites is 1. The second-order valence-corrected chi connectivity index (χ2v) is 4.75. The van der Waals surface area contributed by atoms with Crippen LogP contribution in [0.5, 0.6) is 5.75 Å². The number of hydrogen-bond acceptors (Lipinski definition) is 2. The normalized spacial score (nSPS) is 10.7. The van der Waals surface area contributed by atoms with Crippen molar-refractivity contribution in [3.63, 3.8) is 0 Å². The van der Waals surface area contributed by atoms with E-state index in [0.717, 1.165) is 17.1 Å². The Bertz CT molecular complexity index is 520. The minimum atomic E-state index is 0.465. The average molecular weight is 241 g/mol. The summed E-state index contributed by atoms with van der Waals surface area (Å²) < 4.78 is 5.88. The molecule has 94 valence electrons. The van der Waals surface area contributed by atoms with E-state index in [0.29, 0.717) is 12.5 Å². The third kappa shape index (κ3) is 3.10. The molecule has 0 radical (unpaired) electrons. The Hall–Kier alpha value is -1.83. The molecular weight excluding hydrogens is 222 g/mol. The van der Waals surface area contributed by atoms with E-state index < -0.39 is 0 Å². The van der Waals surface area contributed by atoms with Crippen LogP contribution in [0.1, 0.15) is 36.7 Å². The Morgan fingerprint density at radius 2 is 1.83 bits per heavy atom. The second kappa shape index (κ2) is 5.67. The molecule has 0 fully saturated rings. The Morgan fingerprint density at radius 1 is 1.06 bits per heavy atom. The fourth-order valence-corrected chi connectivity index (χ4v) is 1.92. The van der Waals surface area contributed by atoms with E-state index in [9.17, 15) is 0 Å². The molecule has 1 aromatic heterocycles. The molecular formula is C16H19NO. The van der Waals surface area contributed by atoms with Crippen molar-refractivity contribution < 1.29 is 4.74 Å². The van der Waals surface area contributed by atoms with Crippen LogP contribution >= 0.6 is 0 Å². The van der Waals surface area contributed by atoms with Crippen molar-refractivity contribution in [1.82, 2.24) is 4.98 Å². The molecule has 0 saturated carbocycles. The highest BCUT2D eigenvalue weighted by atomic mass is 16.5. The Balaban J connectivity index is 2.11. The molecule has 0 aliphatic heterocycles. The van der Waals surface area contributed by atoms with E-state index in [1.54, 1.807) is 0 Å². The molecule has 18 heavy (non-hydrogen) atoms. The topological polar surface area (TPSA) is 22.1 Å². The zero-order valence-corrected chi connectivity index (χ0v) is 11.2. The monoisotopic (exact) mass is 241 g/mol. The van der Waals surface area contributed by atoms with Gasteiger partial charge >= 0.3 is 0 Å². The van der Waals surface area contributed by atoms with Crippen molar-refractivity contribution >= 4 is 0 Å². The molecule has 2 heteroatoms. The molecule has 0 spiro atoms. The summed E-state index contributed by atoms with van der Waals surface area (Å²) in [5.41, 5.74) is 3.23. The summed E-state index contributed by atoms with van der Waals surface area (Å²) in [6, 6.07) is 14.2. The van der Waals surface area contributed by atoms with Crippen molar-refractivity contribution in [2.45, 2.75) is 33.3 Å². The fourth-order valence-electron chi connectivity index (χ4n) is 1.92. The fraction of sp³-hybridized carbons (Fsp3) is 0.312. The summed E-state index contributed by atoms with van der Waals surface area (Å²) in [7, 11) is 0. The number of benzene rings is 1. The van der Waals surface area contributed by atoms with E-state index in [2.05, 4.69) is 24.9 Å². The maximum atomic E-state index is 5.88. The minimum absolute atomic E-state index is 0.465. The van der Waals surface area contributed by atoms with Crippen LogP contribution in [0.25, 0.3) is 0 Å². The smallest absolute Gasteiger partial charge is 0.130 e. The van der Waals surface area contributed by atoms with Crippen LogP contribution in [0.2, 0.25) is 0 Å². The zero-order valence-electron chi connectivity index (χ0n) is 11.2. The SMILES string of the molecule is Cc1cccc(COc2ccccc2C(C)C)n1. The number of nitrogens with zero attached hydrogens (tertiary/aromatic N) is 1. The number of aromatic nitrogens is 1. The number of hydrogen-bond donors (Lipinski definition) is 0. The molecule has 2 nitrogen and oxygen atoms in total. The van der Waals surface area contributed by atoms with E-state index in [1.807, 2.05) is 43.3 Å². The van der Waals surface area contributed by atoms with Gasteiger partial charge in [-0.2, -0.15) is 0 Å². The highest BCUT2D eigenvalue weighted by molar-refractivity contribution is 5.35. The Morgan fingerprint density at radius 3 is 2.56 bits per heavy atom. The van der Waals surface area contributed by atoms with Crippen LogP contribution in [0, 0.1) is 6.92 Å². The average Bonchev–Trinajstić information content (AvgIpc) is 2.37. The summed E-state index contributed by atoms with van der Waals surface area (Å²) in [6.45, 7) is 6.86. The van der Waals surface area contributed by atoms with Gasteiger partial charge in [-0.25, -0.2) is 0 Å². The lowest BCUT2D eigenvalue weighted by Gasteiger charge is -2.13. The second-order valence-electron chi connectivity index (χ2n) is 4.75. The van der Waals surface area contributed by atoms with Crippen LogP contribution < -0.4 is 4.74 Å². The highest BCUT2D eigenvalue weighted by Crippen LogP contribution is 2.26. The molecule has 0 aliphatic rings. The van der Waals surface area contributed by atoms with Gasteiger partial charge in [0.15, 0.2) is 0 Å². The van der Waals surface area contributed by atoms with Gasteiger partial charge in [0, 0.05) is 5.69 Å². The van der Waals surface area contributed by atoms with Crippen molar-refractivity contribution in [3.8, 4) is 5.75 Å². The van der Waals surface area contributed by atoms with Gasteiger partial charge in [0.2, 0.25) is 0 Å². The van der Waals surface area contributed by atoms with E-state index in [1.165, 1.54) is 5.56 Å². The van der Waals surface area contributed by atoms with Crippen LogP contribution in [-0.4, -0.2) is 4.98 Å². The van der Waals surface area contributed by atoms with Crippen LogP contribution in [0.15, 0.2) is 42.5 Å². The zero-order chi connectivity index (χ0) is 13.0. The summed E-state index contributed by atoms with van der Waals surface area (Å²) in [5.74, 6) is 1.42. The standard InChI is InChI=1S/C16H19NO/c1-12(2)15-9-4-5-10-16(15)18-11-14-8-6-7-13(3)17-14/h4-10,12H,11H2,1-3H3.